The molecule has 0 spiro atoms. The highest BCUT2D eigenvalue weighted by molar-refractivity contribution is 7.99. The van der Waals surface area contributed by atoms with E-state index in [1.165, 1.54) is 11.8 Å². The first-order chi connectivity index (χ1) is 9.06. The number of carboxylic acids is 1. The van der Waals surface area contributed by atoms with Gasteiger partial charge in [-0.2, -0.15) is 0 Å². The number of nitrogens with zero attached hydrogens (tertiary/aromatic N) is 3. The molecule has 0 fully saturated rings. The van der Waals surface area contributed by atoms with Gasteiger partial charge in [0.15, 0.2) is 5.16 Å². The summed E-state index contributed by atoms with van der Waals surface area (Å²) in [7, 11) is 0. The molecule has 1 heterocycles. The Morgan fingerprint density at radius 2 is 2.21 bits per heavy atom. The minimum Gasteiger partial charge on any atom is -0.481 e. The van der Waals surface area contributed by atoms with Crippen LogP contribution in [0.2, 0.25) is 0 Å². The molecule has 6 heteroatoms. The number of aryl methyl sites for hydroxylation is 1. The number of hydrogen-bond acceptors (Lipinski definition) is 4. The normalized spacial score (nSPS) is 11.2. The first-order valence-corrected chi connectivity index (χ1v) is 7.66. The fourth-order valence-electron chi connectivity index (χ4n) is 1.92. The zero-order valence-corrected chi connectivity index (χ0v) is 12.7. The summed E-state index contributed by atoms with van der Waals surface area (Å²) in [6.45, 7) is 10.2. The molecule has 0 saturated carbocycles. The number of likely N-dealkylation sites (N-methyl/N-ethyl adjacent to an activating group) is 1. The van der Waals surface area contributed by atoms with Gasteiger partial charge in [0.1, 0.15) is 0 Å². The van der Waals surface area contributed by atoms with Crippen LogP contribution in [0.1, 0.15) is 26.0 Å². The van der Waals surface area contributed by atoms with E-state index in [1.54, 1.807) is 0 Å². The Labute approximate surface area is 119 Å². The van der Waals surface area contributed by atoms with E-state index in [0.717, 1.165) is 43.5 Å². The lowest BCUT2D eigenvalue weighted by atomic mass is 10.4. The Balaban J connectivity index is 2.58. The molecule has 0 radical (unpaired) electrons. The first kappa shape index (κ1) is 16.0. The molecular formula is C13H23N3O2S. The van der Waals surface area contributed by atoms with Crippen molar-refractivity contribution in [1.82, 2.24) is 14.5 Å². The molecule has 1 rings (SSSR count). The van der Waals surface area contributed by atoms with E-state index >= 15 is 0 Å². The number of imidazole rings is 1. The molecule has 0 aliphatic rings. The zero-order valence-electron chi connectivity index (χ0n) is 11.9. The molecular weight excluding hydrogens is 262 g/mol. The van der Waals surface area contributed by atoms with Crippen molar-refractivity contribution in [2.45, 2.75) is 38.9 Å². The Kier molecular flexibility index (Phi) is 6.94. The third-order valence-electron chi connectivity index (χ3n) is 2.83. The Hall–Kier alpha value is -1.01. The van der Waals surface area contributed by atoms with E-state index in [-0.39, 0.29) is 5.75 Å². The predicted molar refractivity (Wildman–Crippen MR) is 77.7 cm³/mol. The van der Waals surface area contributed by atoms with Gasteiger partial charge in [-0.15, -0.1) is 0 Å². The highest BCUT2D eigenvalue weighted by Crippen LogP contribution is 2.17. The smallest absolute Gasteiger partial charge is 0.313 e. The van der Waals surface area contributed by atoms with E-state index < -0.39 is 5.97 Å². The summed E-state index contributed by atoms with van der Waals surface area (Å²) >= 11 is 1.28. The second kappa shape index (κ2) is 8.22. The van der Waals surface area contributed by atoms with Crippen LogP contribution in [0.3, 0.4) is 0 Å². The molecule has 5 nitrogen and oxygen atoms in total. The summed E-state index contributed by atoms with van der Waals surface area (Å²) in [5, 5.41) is 9.53. The number of thioether (sulfide) groups is 1. The van der Waals surface area contributed by atoms with Gasteiger partial charge < -0.3 is 14.6 Å². The number of aromatic nitrogens is 2. The molecule has 0 amide bonds. The van der Waals surface area contributed by atoms with Crippen LogP contribution in [0.5, 0.6) is 0 Å². The fourth-order valence-corrected chi connectivity index (χ4v) is 2.69. The van der Waals surface area contributed by atoms with Crippen molar-refractivity contribution in [2.24, 2.45) is 0 Å². The number of hydrogen-bond donors (Lipinski definition) is 1. The molecule has 0 saturated heterocycles. The summed E-state index contributed by atoms with van der Waals surface area (Å²) in [6, 6.07) is 0. The molecule has 0 atom stereocenters. The quantitative estimate of drug-likeness (QED) is 0.704. The van der Waals surface area contributed by atoms with Gasteiger partial charge in [-0.1, -0.05) is 25.6 Å². The lowest BCUT2D eigenvalue weighted by Gasteiger charge is -2.20. The van der Waals surface area contributed by atoms with Crippen LogP contribution in [0.4, 0.5) is 0 Å². The van der Waals surface area contributed by atoms with Gasteiger partial charge in [0.2, 0.25) is 0 Å². The minimum atomic E-state index is -0.807. The Morgan fingerprint density at radius 1 is 1.47 bits per heavy atom. The number of carbonyl (C=O) groups is 1. The van der Waals surface area contributed by atoms with Gasteiger partial charge in [-0.25, -0.2) is 4.98 Å². The maximum Gasteiger partial charge on any atom is 0.313 e. The van der Waals surface area contributed by atoms with Gasteiger partial charge in [0.25, 0.3) is 0 Å². The summed E-state index contributed by atoms with van der Waals surface area (Å²) in [4.78, 5) is 17.4. The Morgan fingerprint density at radius 3 is 2.79 bits per heavy atom. The molecule has 1 aromatic rings. The van der Waals surface area contributed by atoms with Crippen molar-refractivity contribution in [2.75, 3.05) is 25.4 Å². The van der Waals surface area contributed by atoms with Crippen molar-refractivity contribution in [3.63, 3.8) is 0 Å². The molecule has 19 heavy (non-hydrogen) atoms. The summed E-state index contributed by atoms with van der Waals surface area (Å²) in [5.41, 5.74) is 0.937. The predicted octanol–water partition coefficient (Wildman–Crippen LogP) is 2.10. The average molecular weight is 285 g/mol. The maximum atomic E-state index is 10.6. The van der Waals surface area contributed by atoms with Crippen LogP contribution in [-0.2, 0) is 11.3 Å². The van der Waals surface area contributed by atoms with Crippen LogP contribution in [-0.4, -0.2) is 50.9 Å². The molecule has 0 aromatic carbocycles. The molecule has 0 aliphatic heterocycles. The van der Waals surface area contributed by atoms with Crippen LogP contribution in [0.25, 0.3) is 0 Å². The topological polar surface area (TPSA) is 58.4 Å². The highest BCUT2D eigenvalue weighted by atomic mass is 32.2. The lowest BCUT2D eigenvalue weighted by molar-refractivity contribution is -0.133. The monoisotopic (exact) mass is 285 g/mol. The zero-order chi connectivity index (χ0) is 14.3. The number of rotatable bonds is 9. The highest BCUT2D eigenvalue weighted by Gasteiger charge is 2.09. The van der Waals surface area contributed by atoms with E-state index in [1.807, 2.05) is 13.1 Å². The van der Waals surface area contributed by atoms with E-state index in [2.05, 4.69) is 28.3 Å². The van der Waals surface area contributed by atoms with Gasteiger partial charge in [0.05, 0.1) is 11.4 Å². The molecule has 1 aromatic heterocycles. The molecule has 108 valence electrons. The van der Waals surface area contributed by atoms with Crippen molar-refractivity contribution in [3.05, 3.63) is 11.9 Å². The summed E-state index contributed by atoms with van der Waals surface area (Å²) in [5.74, 6) is -0.749. The molecule has 0 unspecified atom stereocenters. The second-order valence-corrected chi connectivity index (χ2v) is 5.42. The van der Waals surface area contributed by atoms with E-state index in [9.17, 15) is 4.79 Å². The Bertz CT molecular complexity index is 407. The first-order valence-electron chi connectivity index (χ1n) is 6.67. The lowest BCUT2D eigenvalue weighted by Crippen LogP contribution is -2.28. The van der Waals surface area contributed by atoms with Crippen LogP contribution in [0, 0.1) is 6.92 Å². The third-order valence-corrected chi connectivity index (χ3v) is 3.80. The standard InChI is InChI=1S/C13H23N3O2S/c1-4-6-15(5-2)7-8-16-9-11(3)14-13(16)19-10-12(17)18/h9H,4-8,10H2,1-3H3,(H,17,18). The SMILES string of the molecule is CCCN(CC)CCn1cc(C)nc1SCC(=O)O. The second-order valence-electron chi connectivity index (χ2n) is 4.47. The van der Waals surface area contributed by atoms with Crippen molar-refractivity contribution in [1.29, 1.82) is 0 Å². The average Bonchev–Trinajstić information content (AvgIpc) is 2.72. The van der Waals surface area contributed by atoms with E-state index in [0.29, 0.717) is 0 Å². The summed E-state index contributed by atoms with van der Waals surface area (Å²) < 4.78 is 2.06. The van der Waals surface area contributed by atoms with Crippen molar-refractivity contribution < 1.29 is 9.90 Å². The molecule has 1 N–H and O–H groups in total. The van der Waals surface area contributed by atoms with Gasteiger partial charge in [-0.05, 0) is 26.4 Å². The number of carboxylic acid groups (broad SMARTS) is 1. The van der Waals surface area contributed by atoms with E-state index in [4.69, 9.17) is 5.11 Å². The van der Waals surface area contributed by atoms with Gasteiger partial charge >= 0.3 is 5.97 Å². The summed E-state index contributed by atoms with van der Waals surface area (Å²) in [6.07, 6.45) is 3.14. The minimum absolute atomic E-state index is 0.0584. The van der Waals surface area contributed by atoms with Gasteiger partial charge in [-0.3, -0.25) is 4.79 Å². The van der Waals surface area contributed by atoms with Crippen molar-refractivity contribution in [3.8, 4) is 0 Å². The molecule has 0 aliphatic carbocycles. The van der Waals surface area contributed by atoms with Crippen LogP contribution in [0.15, 0.2) is 11.4 Å². The fraction of sp³-hybridized carbons (Fsp3) is 0.692. The van der Waals surface area contributed by atoms with Crippen molar-refractivity contribution >= 4 is 17.7 Å². The number of aliphatic carboxylic acids is 1. The maximum absolute atomic E-state index is 10.6. The third kappa shape index (κ3) is 5.65. The van der Waals surface area contributed by atoms with Crippen LogP contribution < -0.4 is 0 Å². The van der Waals surface area contributed by atoms with Crippen LogP contribution >= 0.6 is 11.8 Å². The van der Waals surface area contributed by atoms with Gasteiger partial charge in [0, 0.05) is 19.3 Å². The largest absolute Gasteiger partial charge is 0.481 e. The molecule has 0 bridgehead atoms.